The first kappa shape index (κ1) is 16.8. The highest BCUT2D eigenvalue weighted by molar-refractivity contribution is 5.74. The summed E-state index contributed by atoms with van der Waals surface area (Å²) in [6.45, 7) is 10.2. The lowest BCUT2D eigenvalue weighted by molar-refractivity contribution is -0.0212. The summed E-state index contributed by atoms with van der Waals surface area (Å²) in [4.78, 5) is 14.0. The Morgan fingerprint density at radius 1 is 1.41 bits per heavy atom. The highest BCUT2D eigenvalue weighted by atomic mass is 16.5. The molecule has 0 radical (unpaired) electrons. The molecule has 1 fully saturated rings. The van der Waals surface area contributed by atoms with Crippen LogP contribution in [0.3, 0.4) is 0 Å². The molecule has 1 atom stereocenters. The van der Waals surface area contributed by atoms with Crippen LogP contribution in [0.4, 0.5) is 4.79 Å². The van der Waals surface area contributed by atoms with Crippen molar-refractivity contribution in [3.05, 3.63) is 35.4 Å². The van der Waals surface area contributed by atoms with Gasteiger partial charge in [0.15, 0.2) is 0 Å². The summed E-state index contributed by atoms with van der Waals surface area (Å²) in [5.41, 5.74) is 2.40. The molecule has 122 valence electrons. The second kappa shape index (κ2) is 8.15. The molecule has 0 saturated carbocycles. The fraction of sp³-hybridized carbons (Fsp3) is 0.588. The molecular formula is C17H27N3O2. The molecule has 1 aromatic carbocycles. The number of morpholine rings is 1. The van der Waals surface area contributed by atoms with E-state index in [2.05, 4.69) is 40.7 Å². The zero-order valence-corrected chi connectivity index (χ0v) is 13.8. The third kappa shape index (κ3) is 5.66. The third-order valence-electron chi connectivity index (χ3n) is 3.60. The highest BCUT2D eigenvalue weighted by Crippen LogP contribution is 2.12. The van der Waals surface area contributed by atoms with Gasteiger partial charge in [0.25, 0.3) is 0 Å². The molecule has 1 aromatic rings. The van der Waals surface area contributed by atoms with E-state index in [1.165, 1.54) is 5.56 Å². The summed E-state index contributed by atoms with van der Waals surface area (Å²) >= 11 is 0. The van der Waals surface area contributed by atoms with Gasteiger partial charge in [0.05, 0.1) is 12.7 Å². The van der Waals surface area contributed by atoms with Crippen LogP contribution < -0.4 is 10.6 Å². The topological polar surface area (TPSA) is 53.6 Å². The number of ether oxygens (including phenoxy) is 1. The van der Waals surface area contributed by atoms with E-state index in [0.29, 0.717) is 12.6 Å². The summed E-state index contributed by atoms with van der Waals surface area (Å²) < 4.78 is 5.57. The lowest BCUT2D eigenvalue weighted by Crippen LogP contribution is -2.40. The van der Waals surface area contributed by atoms with E-state index in [9.17, 15) is 4.79 Å². The number of carbonyl (C=O) groups excluding carboxylic acids is 1. The Balaban J connectivity index is 1.85. The zero-order valence-electron chi connectivity index (χ0n) is 13.8. The highest BCUT2D eigenvalue weighted by Gasteiger charge is 2.16. The molecule has 0 spiro atoms. The number of hydrogen-bond acceptors (Lipinski definition) is 3. The van der Waals surface area contributed by atoms with E-state index < -0.39 is 0 Å². The number of nitrogens with zero attached hydrogens (tertiary/aromatic N) is 1. The normalized spacial score (nSPS) is 19.2. The molecular weight excluding hydrogens is 278 g/mol. The van der Waals surface area contributed by atoms with Crippen LogP contribution in [-0.4, -0.2) is 42.8 Å². The molecule has 5 nitrogen and oxygen atoms in total. The van der Waals surface area contributed by atoms with Gasteiger partial charge in [-0.1, -0.05) is 24.3 Å². The summed E-state index contributed by atoms with van der Waals surface area (Å²) in [6, 6.07) is 8.42. The van der Waals surface area contributed by atoms with Crippen LogP contribution in [0.25, 0.3) is 0 Å². The molecule has 1 aliphatic heterocycles. The van der Waals surface area contributed by atoms with Crippen LogP contribution in [0.5, 0.6) is 0 Å². The first-order chi connectivity index (χ1) is 10.5. The monoisotopic (exact) mass is 305 g/mol. The molecule has 5 heteroatoms. The molecule has 1 saturated heterocycles. The maximum absolute atomic E-state index is 11.6. The van der Waals surface area contributed by atoms with Crippen LogP contribution >= 0.6 is 0 Å². The Morgan fingerprint density at radius 3 is 2.91 bits per heavy atom. The molecule has 0 bridgehead atoms. The minimum absolute atomic E-state index is 0.123. The lowest BCUT2D eigenvalue weighted by Gasteiger charge is -2.31. The first-order valence-electron chi connectivity index (χ1n) is 7.99. The Morgan fingerprint density at radius 2 is 2.18 bits per heavy atom. The quantitative estimate of drug-likeness (QED) is 0.876. The Bertz CT molecular complexity index is 491. The van der Waals surface area contributed by atoms with Gasteiger partial charge >= 0.3 is 6.03 Å². The summed E-state index contributed by atoms with van der Waals surface area (Å²) in [6.07, 6.45) is 0.304. The number of urea groups is 1. The fourth-order valence-corrected chi connectivity index (χ4v) is 2.63. The lowest BCUT2D eigenvalue weighted by atomic mass is 10.1. The fourth-order valence-electron chi connectivity index (χ4n) is 2.63. The molecule has 2 rings (SSSR count). The Kier molecular flexibility index (Phi) is 6.21. The largest absolute Gasteiger partial charge is 0.376 e. The minimum Gasteiger partial charge on any atom is -0.376 e. The van der Waals surface area contributed by atoms with Gasteiger partial charge in [-0.2, -0.15) is 0 Å². The van der Waals surface area contributed by atoms with Gasteiger partial charge in [0.2, 0.25) is 0 Å². The van der Waals surface area contributed by atoms with Crippen LogP contribution in [0.2, 0.25) is 0 Å². The SMILES string of the molecule is CC(C)NC(=O)NCc1cccc(CN2CCOC(C)C2)c1. The summed E-state index contributed by atoms with van der Waals surface area (Å²) in [5.74, 6) is 0. The number of benzene rings is 1. The van der Waals surface area contributed by atoms with Crippen LogP contribution in [-0.2, 0) is 17.8 Å². The van der Waals surface area contributed by atoms with Gasteiger partial charge in [-0.05, 0) is 31.9 Å². The molecule has 22 heavy (non-hydrogen) atoms. The Hall–Kier alpha value is -1.59. The van der Waals surface area contributed by atoms with Crippen molar-refractivity contribution in [3.63, 3.8) is 0 Å². The van der Waals surface area contributed by atoms with Crippen molar-refractivity contribution in [3.8, 4) is 0 Å². The number of nitrogens with one attached hydrogen (secondary N) is 2. The average Bonchev–Trinajstić information content (AvgIpc) is 2.45. The molecule has 2 amide bonds. The van der Waals surface area contributed by atoms with Gasteiger partial charge in [-0.15, -0.1) is 0 Å². The molecule has 0 aliphatic carbocycles. The molecule has 2 N–H and O–H groups in total. The van der Waals surface area contributed by atoms with E-state index in [4.69, 9.17) is 4.74 Å². The van der Waals surface area contributed by atoms with Crippen LogP contribution in [0, 0.1) is 0 Å². The minimum atomic E-state index is -0.123. The van der Waals surface area contributed by atoms with Crippen molar-refractivity contribution in [2.45, 2.75) is 46.0 Å². The van der Waals surface area contributed by atoms with Gasteiger partial charge in [-0.25, -0.2) is 4.79 Å². The maximum Gasteiger partial charge on any atom is 0.315 e. The van der Waals surface area contributed by atoms with Crippen LogP contribution in [0.15, 0.2) is 24.3 Å². The van der Waals surface area contributed by atoms with E-state index in [0.717, 1.165) is 31.8 Å². The van der Waals surface area contributed by atoms with E-state index in [1.54, 1.807) is 0 Å². The first-order valence-corrected chi connectivity index (χ1v) is 7.99. The predicted octanol–water partition coefficient (Wildman–Crippen LogP) is 2.11. The van der Waals surface area contributed by atoms with E-state index in [-0.39, 0.29) is 12.1 Å². The molecule has 1 unspecified atom stereocenters. The Labute approximate surface area is 133 Å². The van der Waals surface area contributed by atoms with Crippen molar-refractivity contribution in [2.24, 2.45) is 0 Å². The number of hydrogen-bond donors (Lipinski definition) is 2. The molecule has 1 aliphatic rings. The number of carbonyl (C=O) groups is 1. The van der Waals surface area contributed by atoms with Crippen molar-refractivity contribution >= 4 is 6.03 Å². The molecule has 0 aromatic heterocycles. The van der Waals surface area contributed by atoms with Gasteiger partial charge in [0.1, 0.15) is 0 Å². The van der Waals surface area contributed by atoms with E-state index in [1.807, 2.05) is 19.9 Å². The smallest absolute Gasteiger partial charge is 0.315 e. The van der Waals surface area contributed by atoms with Gasteiger partial charge in [-0.3, -0.25) is 4.90 Å². The second-order valence-electron chi connectivity index (χ2n) is 6.22. The summed E-state index contributed by atoms with van der Waals surface area (Å²) in [5, 5.41) is 5.71. The zero-order chi connectivity index (χ0) is 15.9. The van der Waals surface area contributed by atoms with Gasteiger partial charge in [0, 0.05) is 32.2 Å². The number of amides is 2. The van der Waals surface area contributed by atoms with Crippen molar-refractivity contribution in [1.29, 1.82) is 0 Å². The van der Waals surface area contributed by atoms with E-state index >= 15 is 0 Å². The van der Waals surface area contributed by atoms with Crippen molar-refractivity contribution in [1.82, 2.24) is 15.5 Å². The molecule has 1 heterocycles. The second-order valence-corrected chi connectivity index (χ2v) is 6.22. The predicted molar refractivity (Wildman–Crippen MR) is 87.6 cm³/mol. The van der Waals surface area contributed by atoms with Gasteiger partial charge < -0.3 is 15.4 Å². The number of rotatable bonds is 5. The summed E-state index contributed by atoms with van der Waals surface area (Å²) in [7, 11) is 0. The van der Waals surface area contributed by atoms with Crippen molar-refractivity contribution in [2.75, 3.05) is 19.7 Å². The third-order valence-corrected chi connectivity index (χ3v) is 3.60. The van der Waals surface area contributed by atoms with Crippen LogP contribution in [0.1, 0.15) is 31.9 Å². The average molecular weight is 305 g/mol. The van der Waals surface area contributed by atoms with Crippen molar-refractivity contribution < 1.29 is 9.53 Å². The maximum atomic E-state index is 11.6. The standard InChI is InChI=1S/C17H27N3O2/c1-13(2)19-17(21)18-10-15-5-4-6-16(9-15)12-20-7-8-22-14(3)11-20/h4-6,9,13-14H,7-8,10-12H2,1-3H3,(H2,18,19,21).